The number of hydrogen-bond donors (Lipinski definition) is 0. The third-order valence-electron chi connectivity index (χ3n) is 0. The summed E-state index contributed by atoms with van der Waals surface area (Å²) >= 11 is 0. The Bertz CT molecular complexity index is 8.00. The molecule has 4 heavy (non-hydrogen) atoms. The van der Waals surface area contributed by atoms with E-state index in [2.05, 4.69) is 0 Å². The average Bonchev–Trinajstić information content (AvgIpc) is 0. The van der Waals surface area contributed by atoms with Crippen molar-refractivity contribution in [3.8, 4) is 0 Å². The van der Waals surface area contributed by atoms with Gasteiger partial charge in [-0.25, -0.2) is 0 Å². The fraction of sp³-hybridized carbons (Fsp3) is 0. The van der Waals surface area contributed by atoms with Crippen LogP contribution >= 0.6 is 0 Å². The molecule has 0 aliphatic carbocycles. The Labute approximate surface area is 74.3 Å². The molecule has 0 rings (SSSR count). The smallest absolute Gasteiger partial charge is 2.00 e. The molecule has 0 aromatic rings. The van der Waals surface area contributed by atoms with Crippen molar-refractivity contribution in [2.45, 2.75) is 0 Å². The Hall–Kier alpha value is 2.16. The zero-order chi connectivity index (χ0) is 0. The quantitative estimate of drug-likeness (QED) is 0.321. The van der Waals surface area contributed by atoms with Crippen molar-refractivity contribution in [2.24, 2.45) is 0 Å². The van der Waals surface area contributed by atoms with E-state index in [1.807, 2.05) is 0 Å². The standard InChI is InChI=1S/Ca.FH.S.Zn/h;1H;;/q+2;;-2;+2/p-1. The van der Waals surface area contributed by atoms with E-state index < -0.39 is 0 Å². The second-order valence-corrected chi connectivity index (χ2v) is 0. The van der Waals surface area contributed by atoms with Crippen molar-refractivity contribution < 1.29 is 24.2 Å². The molecule has 0 spiro atoms. The van der Waals surface area contributed by atoms with Crippen molar-refractivity contribution in [1.82, 2.24) is 0 Å². The van der Waals surface area contributed by atoms with E-state index in [-0.39, 0.29) is 75.4 Å². The van der Waals surface area contributed by atoms with Crippen LogP contribution in [0.5, 0.6) is 0 Å². The largest absolute Gasteiger partial charge is 2.00 e. The molecule has 0 aromatic carbocycles. The molecule has 0 aliphatic heterocycles. The fourth-order valence-corrected chi connectivity index (χ4v) is 0. The van der Waals surface area contributed by atoms with Gasteiger partial charge in [0.15, 0.2) is 0 Å². The average molecular weight is 157 g/mol. The molecule has 0 bridgehead atoms. The molecule has 16 valence electrons. The first kappa shape index (κ1) is 35.1. The van der Waals surface area contributed by atoms with Crippen LogP contribution in [0.4, 0.5) is 0 Å². The van der Waals surface area contributed by atoms with Crippen LogP contribution in [0.25, 0.3) is 0 Å². The van der Waals surface area contributed by atoms with Crippen LogP contribution < -0.4 is 4.70 Å². The molecule has 0 saturated heterocycles. The predicted molar refractivity (Wildman–Crippen MR) is 13.1 cm³/mol. The molecule has 0 aromatic heterocycles. The van der Waals surface area contributed by atoms with E-state index in [0.717, 1.165) is 0 Å². The minimum atomic E-state index is 0. The minimum absolute atomic E-state index is 0. The summed E-state index contributed by atoms with van der Waals surface area (Å²) < 4.78 is 0. The minimum Gasteiger partial charge on any atom is -2.00 e. The van der Waals surface area contributed by atoms with Gasteiger partial charge in [0.1, 0.15) is 0 Å². The molecular weight excluding hydrogens is 157 g/mol. The molecule has 4 heteroatoms. The molecule has 0 amide bonds. The van der Waals surface area contributed by atoms with Crippen LogP contribution in [0.1, 0.15) is 0 Å². The van der Waals surface area contributed by atoms with Gasteiger partial charge < -0.3 is 18.2 Å². The maximum Gasteiger partial charge on any atom is 2.00 e. The third-order valence-corrected chi connectivity index (χ3v) is 0. The zero-order valence-corrected chi connectivity index (χ0v) is 8.19. The number of hydrogen-bond acceptors (Lipinski definition) is 0. The van der Waals surface area contributed by atoms with Crippen LogP contribution in [0.2, 0.25) is 0 Å². The Morgan fingerprint density at radius 1 is 1.00 bits per heavy atom. The van der Waals surface area contributed by atoms with Gasteiger partial charge in [-0.1, -0.05) is 0 Å². The van der Waals surface area contributed by atoms with Crippen molar-refractivity contribution in [3.05, 3.63) is 0 Å². The summed E-state index contributed by atoms with van der Waals surface area (Å²) in [5, 5.41) is 0. The first-order chi connectivity index (χ1) is 0. The number of rotatable bonds is 0. The van der Waals surface area contributed by atoms with Crippen molar-refractivity contribution in [2.75, 3.05) is 0 Å². The molecule has 0 heterocycles. The summed E-state index contributed by atoms with van der Waals surface area (Å²) in [6, 6.07) is 0. The Morgan fingerprint density at radius 2 is 1.00 bits per heavy atom. The summed E-state index contributed by atoms with van der Waals surface area (Å²) in [5.74, 6) is 0. The van der Waals surface area contributed by atoms with Gasteiger partial charge in [0, 0.05) is 0 Å². The molecular formula is CaFSZn+. The monoisotopic (exact) mass is 155 g/mol. The molecule has 0 nitrogen and oxygen atoms in total. The Kier molecular flexibility index (Phi) is 168. The van der Waals surface area contributed by atoms with E-state index in [4.69, 9.17) is 0 Å². The molecule has 0 atom stereocenters. The van der Waals surface area contributed by atoms with E-state index in [1.165, 1.54) is 0 Å². The van der Waals surface area contributed by atoms with Gasteiger partial charge in [-0.3, -0.25) is 0 Å². The van der Waals surface area contributed by atoms with Gasteiger partial charge in [-0.2, -0.15) is 0 Å². The maximum absolute atomic E-state index is 0. The Balaban J connectivity index is 0. The molecule has 0 radical (unpaired) electrons. The summed E-state index contributed by atoms with van der Waals surface area (Å²) in [4.78, 5) is 0. The van der Waals surface area contributed by atoms with Gasteiger partial charge in [0.2, 0.25) is 0 Å². The summed E-state index contributed by atoms with van der Waals surface area (Å²) in [6.45, 7) is 0. The van der Waals surface area contributed by atoms with E-state index in [1.54, 1.807) is 0 Å². The van der Waals surface area contributed by atoms with Crippen LogP contribution in [0.3, 0.4) is 0 Å². The summed E-state index contributed by atoms with van der Waals surface area (Å²) in [7, 11) is 0. The van der Waals surface area contributed by atoms with Gasteiger partial charge in [0.05, 0.1) is 0 Å². The van der Waals surface area contributed by atoms with Gasteiger partial charge in [-0.15, -0.1) is 0 Å². The first-order valence-corrected chi connectivity index (χ1v) is 0. The van der Waals surface area contributed by atoms with E-state index >= 15 is 0 Å². The van der Waals surface area contributed by atoms with E-state index in [0.29, 0.717) is 0 Å². The first-order valence-electron chi connectivity index (χ1n) is 0. The number of halogens is 1. The zero-order valence-electron chi connectivity index (χ0n) is 2.20. The van der Waals surface area contributed by atoms with Crippen LogP contribution in [-0.4, -0.2) is 37.7 Å². The van der Waals surface area contributed by atoms with Crippen LogP contribution in [0, 0.1) is 0 Å². The molecule has 0 unspecified atom stereocenters. The SMILES string of the molecule is [Ca+2].[F-].[S-2].[Zn+2]. The van der Waals surface area contributed by atoms with E-state index in [9.17, 15) is 0 Å². The predicted octanol–water partition coefficient (Wildman–Crippen LogP) is -3.38. The van der Waals surface area contributed by atoms with Crippen LogP contribution in [0.15, 0.2) is 0 Å². The van der Waals surface area contributed by atoms with Crippen molar-refractivity contribution in [1.29, 1.82) is 0 Å². The van der Waals surface area contributed by atoms with Crippen molar-refractivity contribution >= 4 is 51.2 Å². The molecule has 0 aliphatic rings. The molecule has 0 N–H and O–H groups in total. The van der Waals surface area contributed by atoms with Gasteiger partial charge in [0.25, 0.3) is 0 Å². The van der Waals surface area contributed by atoms with Crippen molar-refractivity contribution in [3.63, 3.8) is 0 Å². The maximum atomic E-state index is 0. The summed E-state index contributed by atoms with van der Waals surface area (Å²) in [6.07, 6.45) is 0. The Morgan fingerprint density at radius 3 is 1.00 bits per heavy atom. The summed E-state index contributed by atoms with van der Waals surface area (Å²) in [5.41, 5.74) is 0. The molecule has 0 saturated carbocycles. The molecule has 0 fully saturated rings. The third kappa shape index (κ3) is 8.90. The second-order valence-electron chi connectivity index (χ2n) is 0. The topological polar surface area (TPSA) is 0 Å². The van der Waals surface area contributed by atoms with Gasteiger partial charge >= 0.3 is 57.2 Å². The van der Waals surface area contributed by atoms with Crippen LogP contribution in [-0.2, 0) is 33.0 Å². The fourth-order valence-electron chi connectivity index (χ4n) is 0. The van der Waals surface area contributed by atoms with Gasteiger partial charge in [-0.05, 0) is 0 Å². The normalized spacial score (nSPS) is 0. The second kappa shape index (κ2) is 19.1.